The molecule has 17 heavy (non-hydrogen) atoms. The zero-order valence-corrected chi connectivity index (χ0v) is 9.81. The first kappa shape index (κ1) is 11.9. The molecule has 0 bridgehead atoms. The number of carboxylic acid groups (broad SMARTS) is 1. The lowest BCUT2D eigenvalue weighted by Crippen LogP contribution is -2.12. The second kappa shape index (κ2) is 5.19. The van der Waals surface area contributed by atoms with E-state index in [1.165, 1.54) is 0 Å². The van der Waals surface area contributed by atoms with Gasteiger partial charge in [0.25, 0.3) is 0 Å². The number of carboxylic acids is 1. The van der Waals surface area contributed by atoms with Crippen LogP contribution in [0.5, 0.6) is 5.75 Å². The summed E-state index contributed by atoms with van der Waals surface area (Å²) >= 11 is 0. The van der Waals surface area contributed by atoms with Crippen LogP contribution in [0.1, 0.15) is 22.3 Å². The van der Waals surface area contributed by atoms with Gasteiger partial charge in [-0.15, -0.1) is 0 Å². The second-order valence-corrected chi connectivity index (χ2v) is 4.32. The van der Waals surface area contributed by atoms with E-state index >= 15 is 0 Å². The zero-order valence-electron chi connectivity index (χ0n) is 9.81. The van der Waals surface area contributed by atoms with Crippen molar-refractivity contribution in [2.45, 2.75) is 13.3 Å². The Balaban J connectivity index is 1.97. The molecule has 2 rings (SSSR count). The Morgan fingerprint density at radius 3 is 3.00 bits per heavy atom. The maximum absolute atomic E-state index is 10.8. The number of hydrogen-bond acceptors (Lipinski definition) is 3. The highest BCUT2D eigenvalue weighted by Gasteiger charge is 2.16. The lowest BCUT2D eigenvalue weighted by molar-refractivity contribution is 0.0696. The molecule has 0 aliphatic carbocycles. The summed E-state index contributed by atoms with van der Waals surface area (Å²) in [5.41, 5.74) is 1.04. The predicted octanol–water partition coefficient (Wildman–Crippen LogP) is 2.11. The molecule has 0 aromatic heterocycles. The summed E-state index contributed by atoms with van der Waals surface area (Å²) in [7, 11) is 0. The Labute approximate surface area is 100 Å². The summed E-state index contributed by atoms with van der Waals surface area (Å²) in [6.45, 7) is 3.97. The van der Waals surface area contributed by atoms with Crippen LogP contribution in [-0.4, -0.2) is 30.9 Å². The van der Waals surface area contributed by atoms with Gasteiger partial charge in [-0.3, -0.25) is 0 Å². The van der Waals surface area contributed by atoms with E-state index in [9.17, 15) is 4.79 Å². The first-order valence-electron chi connectivity index (χ1n) is 5.71. The normalized spacial score (nSPS) is 19.2. The molecule has 1 fully saturated rings. The number of aromatic carboxylic acids is 1. The van der Waals surface area contributed by atoms with Crippen molar-refractivity contribution < 1.29 is 19.4 Å². The maximum atomic E-state index is 10.8. The Bertz CT molecular complexity index is 408. The van der Waals surface area contributed by atoms with Crippen molar-refractivity contribution in [3.05, 3.63) is 29.3 Å². The molecule has 0 amide bonds. The lowest BCUT2D eigenvalue weighted by atomic mass is 10.1. The van der Waals surface area contributed by atoms with Crippen molar-refractivity contribution in [2.75, 3.05) is 19.8 Å². The number of rotatable bonds is 4. The molecule has 1 atom stereocenters. The van der Waals surface area contributed by atoms with Gasteiger partial charge in [0.05, 0.1) is 18.8 Å². The number of carbonyl (C=O) groups is 1. The number of aryl methyl sites for hydroxylation is 1. The first-order chi connectivity index (χ1) is 8.16. The van der Waals surface area contributed by atoms with E-state index in [0.29, 0.717) is 18.1 Å². The molecule has 0 saturated carbocycles. The van der Waals surface area contributed by atoms with Crippen molar-refractivity contribution in [1.82, 2.24) is 0 Å². The van der Waals surface area contributed by atoms with Crippen LogP contribution in [0.15, 0.2) is 18.2 Å². The molecular weight excluding hydrogens is 220 g/mol. The minimum Gasteiger partial charge on any atom is -0.493 e. The molecule has 4 heteroatoms. The van der Waals surface area contributed by atoms with E-state index in [1.807, 2.05) is 0 Å². The fraction of sp³-hybridized carbons (Fsp3) is 0.462. The highest BCUT2D eigenvalue weighted by atomic mass is 16.5. The van der Waals surface area contributed by atoms with Crippen molar-refractivity contribution in [3.63, 3.8) is 0 Å². The van der Waals surface area contributed by atoms with Crippen molar-refractivity contribution in [1.29, 1.82) is 0 Å². The average Bonchev–Trinajstić information content (AvgIpc) is 2.78. The molecule has 1 N–H and O–H groups in total. The van der Waals surface area contributed by atoms with Crippen LogP contribution in [0.25, 0.3) is 0 Å². The maximum Gasteiger partial charge on any atom is 0.335 e. The van der Waals surface area contributed by atoms with Crippen LogP contribution >= 0.6 is 0 Å². The Morgan fingerprint density at radius 1 is 1.59 bits per heavy atom. The third-order valence-electron chi connectivity index (χ3n) is 2.94. The topological polar surface area (TPSA) is 55.8 Å². The van der Waals surface area contributed by atoms with Crippen LogP contribution < -0.4 is 4.74 Å². The van der Waals surface area contributed by atoms with Gasteiger partial charge in [-0.2, -0.15) is 0 Å². The zero-order chi connectivity index (χ0) is 12.3. The average molecular weight is 236 g/mol. The van der Waals surface area contributed by atoms with E-state index in [4.69, 9.17) is 14.6 Å². The summed E-state index contributed by atoms with van der Waals surface area (Å²) in [6, 6.07) is 5.05. The summed E-state index contributed by atoms with van der Waals surface area (Å²) in [5, 5.41) is 8.90. The van der Waals surface area contributed by atoms with Crippen LogP contribution in [0, 0.1) is 12.8 Å². The summed E-state index contributed by atoms with van der Waals surface area (Å²) in [4.78, 5) is 10.8. The van der Waals surface area contributed by atoms with Gasteiger partial charge in [-0.1, -0.05) is 0 Å². The smallest absolute Gasteiger partial charge is 0.335 e. The van der Waals surface area contributed by atoms with Gasteiger partial charge in [-0.25, -0.2) is 4.79 Å². The summed E-state index contributed by atoms with van der Waals surface area (Å²) in [6.07, 6.45) is 1.03. The standard InChI is InChI=1S/C13H16O4/c1-9-6-11(2-3-12(9)13(14)15)17-8-10-4-5-16-7-10/h2-3,6,10H,4-5,7-8H2,1H3,(H,14,15). The third-order valence-corrected chi connectivity index (χ3v) is 2.94. The number of benzene rings is 1. The SMILES string of the molecule is Cc1cc(OCC2CCOC2)ccc1C(=O)O. The molecule has 1 aliphatic rings. The molecule has 1 aromatic carbocycles. The van der Waals surface area contributed by atoms with Crippen molar-refractivity contribution in [3.8, 4) is 5.75 Å². The Kier molecular flexibility index (Phi) is 3.64. The molecule has 1 saturated heterocycles. The van der Waals surface area contributed by atoms with E-state index in [2.05, 4.69) is 0 Å². The van der Waals surface area contributed by atoms with Gasteiger partial charge < -0.3 is 14.6 Å². The lowest BCUT2D eigenvalue weighted by Gasteiger charge is -2.11. The van der Waals surface area contributed by atoms with Gasteiger partial charge in [0.1, 0.15) is 5.75 Å². The largest absolute Gasteiger partial charge is 0.493 e. The summed E-state index contributed by atoms with van der Waals surface area (Å²) < 4.78 is 10.9. The molecule has 92 valence electrons. The number of hydrogen-bond donors (Lipinski definition) is 1. The Morgan fingerprint density at radius 2 is 2.41 bits per heavy atom. The molecule has 1 heterocycles. The van der Waals surface area contributed by atoms with E-state index in [-0.39, 0.29) is 0 Å². The van der Waals surface area contributed by atoms with Gasteiger partial charge in [0.15, 0.2) is 0 Å². The fourth-order valence-corrected chi connectivity index (χ4v) is 1.89. The highest BCUT2D eigenvalue weighted by Crippen LogP contribution is 2.19. The third kappa shape index (κ3) is 2.97. The molecule has 1 aliphatic heterocycles. The molecule has 0 radical (unpaired) electrons. The highest BCUT2D eigenvalue weighted by molar-refractivity contribution is 5.89. The van der Waals surface area contributed by atoms with E-state index < -0.39 is 5.97 Å². The quantitative estimate of drug-likeness (QED) is 0.869. The van der Waals surface area contributed by atoms with Gasteiger partial charge in [0, 0.05) is 12.5 Å². The first-order valence-corrected chi connectivity index (χ1v) is 5.71. The molecule has 1 aromatic rings. The van der Waals surface area contributed by atoms with Crippen molar-refractivity contribution >= 4 is 5.97 Å². The van der Waals surface area contributed by atoms with Crippen LogP contribution in [0.4, 0.5) is 0 Å². The van der Waals surface area contributed by atoms with Crippen LogP contribution in [0.2, 0.25) is 0 Å². The van der Waals surface area contributed by atoms with Gasteiger partial charge in [0.2, 0.25) is 0 Å². The Hall–Kier alpha value is -1.55. The minimum absolute atomic E-state index is 0.321. The molecule has 4 nitrogen and oxygen atoms in total. The molecule has 1 unspecified atom stereocenters. The summed E-state index contributed by atoms with van der Waals surface area (Å²) in [5.74, 6) is 0.270. The monoisotopic (exact) mass is 236 g/mol. The predicted molar refractivity (Wildman–Crippen MR) is 62.6 cm³/mol. The van der Waals surface area contributed by atoms with E-state index in [1.54, 1.807) is 25.1 Å². The van der Waals surface area contributed by atoms with Gasteiger partial charge in [-0.05, 0) is 37.1 Å². The fourth-order valence-electron chi connectivity index (χ4n) is 1.89. The second-order valence-electron chi connectivity index (χ2n) is 4.32. The van der Waals surface area contributed by atoms with Crippen LogP contribution in [0.3, 0.4) is 0 Å². The number of ether oxygens (including phenoxy) is 2. The molecular formula is C13H16O4. The van der Waals surface area contributed by atoms with E-state index in [0.717, 1.165) is 30.9 Å². The minimum atomic E-state index is -0.904. The van der Waals surface area contributed by atoms with Gasteiger partial charge >= 0.3 is 5.97 Å². The van der Waals surface area contributed by atoms with Crippen molar-refractivity contribution in [2.24, 2.45) is 5.92 Å². The van der Waals surface area contributed by atoms with Crippen LogP contribution in [-0.2, 0) is 4.74 Å². The molecule has 0 spiro atoms.